The van der Waals surface area contributed by atoms with Crippen LogP contribution < -0.4 is 15.5 Å². The van der Waals surface area contributed by atoms with Gasteiger partial charge in [-0.15, -0.1) is 0 Å². The molecule has 41 heavy (non-hydrogen) atoms. The molecule has 1 N–H and O–H groups in total. The number of aromatic nitrogens is 2. The van der Waals surface area contributed by atoms with Crippen LogP contribution in [-0.4, -0.2) is 65.0 Å². The third kappa shape index (κ3) is 4.29. The number of ether oxygens (including phenoxy) is 1. The molecule has 5 aromatic rings. The number of nitrogens with zero attached hydrogens (tertiary/aromatic N) is 4. The number of amides is 1. The van der Waals surface area contributed by atoms with Gasteiger partial charge in [-0.2, -0.15) is 0 Å². The number of carbonyl (C=O) groups excluding carboxylic acids is 1. The highest BCUT2D eigenvalue weighted by molar-refractivity contribution is 6.04. The van der Waals surface area contributed by atoms with Gasteiger partial charge in [-0.3, -0.25) is 14.6 Å². The molecule has 9 heteroatoms. The minimum atomic E-state index is -0.620. The van der Waals surface area contributed by atoms with Crippen molar-refractivity contribution < 1.29 is 13.9 Å². The van der Waals surface area contributed by atoms with Gasteiger partial charge in [-0.1, -0.05) is 36.4 Å². The molecular weight excluding hydrogens is 521 g/mol. The lowest BCUT2D eigenvalue weighted by molar-refractivity contribution is 0.0662. The molecule has 0 saturated carbocycles. The van der Waals surface area contributed by atoms with E-state index in [-0.39, 0.29) is 28.3 Å². The lowest BCUT2D eigenvalue weighted by Crippen LogP contribution is -2.48. The molecule has 206 valence electrons. The first-order valence-electron chi connectivity index (χ1n) is 13.7. The van der Waals surface area contributed by atoms with Crippen molar-refractivity contribution in [2.24, 2.45) is 0 Å². The molecular formula is C32H28FN5O3. The summed E-state index contributed by atoms with van der Waals surface area (Å²) in [5.41, 5.74) is 1.68. The summed E-state index contributed by atoms with van der Waals surface area (Å²) in [6.07, 6.45) is 3.90. The van der Waals surface area contributed by atoms with Gasteiger partial charge in [-0.25, -0.2) is 4.39 Å². The van der Waals surface area contributed by atoms with E-state index in [1.54, 1.807) is 17.3 Å². The number of piperazine rings is 1. The van der Waals surface area contributed by atoms with Crippen LogP contribution in [0.5, 0.6) is 11.5 Å². The number of anilines is 1. The number of halogens is 1. The van der Waals surface area contributed by atoms with E-state index in [0.29, 0.717) is 43.0 Å². The Balaban J connectivity index is 1.41. The zero-order valence-electron chi connectivity index (χ0n) is 22.6. The SMILES string of the molecule is CN1CCN(C(=O)c2cn3c4c(c(NCCc5ccccn5)c(F)cc4c2=O)Oc2ccc4ccccc4c2-3)CC1. The van der Waals surface area contributed by atoms with E-state index in [1.165, 1.54) is 6.07 Å². The van der Waals surface area contributed by atoms with Crippen LogP contribution in [0.2, 0.25) is 0 Å². The maximum Gasteiger partial charge on any atom is 0.259 e. The highest BCUT2D eigenvalue weighted by Crippen LogP contribution is 2.47. The molecule has 0 atom stereocenters. The standard InChI is InChI=1S/C32H28FN5O3/c1-36-14-16-37(17-15-36)32(40)24-19-38-28-22-8-3-2-6-20(22)9-10-26(28)41-31-27(25(33)18-23(29(31)38)30(24)39)35-13-11-21-7-4-5-12-34-21/h2-10,12,18-19,35H,11,13-17H2,1H3. The molecule has 0 spiro atoms. The first-order valence-corrected chi connectivity index (χ1v) is 13.7. The summed E-state index contributed by atoms with van der Waals surface area (Å²) >= 11 is 0. The quantitative estimate of drug-likeness (QED) is 0.332. The molecule has 1 saturated heterocycles. The Morgan fingerprint density at radius 3 is 2.63 bits per heavy atom. The Bertz CT molecular complexity index is 1880. The molecule has 2 aliphatic rings. The second kappa shape index (κ2) is 10.0. The van der Waals surface area contributed by atoms with E-state index < -0.39 is 11.2 Å². The maximum atomic E-state index is 15.8. The van der Waals surface area contributed by atoms with Crippen molar-refractivity contribution in [3.05, 3.63) is 100 Å². The number of fused-ring (bicyclic) bond motifs is 4. The van der Waals surface area contributed by atoms with Gasteiger partial charge in [0.1, 0.15) is 16.8 Å². The van der Waals surface area contributed by atoms with Gasteiger partial charge < -0.3 is 24.4 Å². The van der Waals surface area contributed by atoms with E-state index in [2.05, 4.69) is 15.2 Å². The molecule has 0 aliphatic carbocycles. The average molecular weight is 550 g/mol. The molecule has 2 aliphatic heterocycles. The summed E-state index contributed by atoms with van der Waals surface area (Å²) in [5.74, 6) is -0.232. The number of likely N-dealkylation sites (N-methyl/N-ethyl adjacent to an activating group) is 1. The van der Waals surface area contributed by atoms with Gasteiger partial charge in [0.15, 0.2) is 17.3 Å². The first-order chi connectivity index (χ1) is 20.0. The predicted octanol–water partition coefficient (Wildman–Crippen LogP) is 4.83. The van der Waals surface area contributed by atoms with Crippen molar-refractivity contribution in [3.8, 4) is 17.2 Å². The Hall–Kier alpha value is -4.76. The maximum absolute atomic E-state index is 15.8. The van der Waals surface area contributed by atoms with Gasteiger partial charge in [0.05, 0.1) is 11.1 Å². The fourth-order valence-electron chi connectivity index (χ4n) is 5.74. The summed E-state index contributed by atoms with van der Waals surface area (Å²) in [4.78, 5) is 35.7. The van der Waals surface area contributed by atoms with Crippen molar-refractivity contribution in [1.82, 2.24) is 19.4 Å². The molecule has 1 amide bonds. The summed E-state index contributed by atoms with van der Waals surface area (Å²) in [6, 6.07) is 18.5. The molecule has 8 nitrogen and oxygen atoms in total. The Kier molecular flexibility index (Phi) is 6.16. The second-order valence-electron chi connectivity index (χ2n) is 10.5. The van der Waals surface area contributed by atoms with Crippen LogP contribution in [0.3, 0.4) is 0 Å². The van der Waals surface area contributed by atoms with Crippen LogP contribution in [0.15, 0.2) is 77.9 Å². The molecule has 0 bridgehead atoms. The Labute approximate surface area is 235 Å². The topological polar surface area (TPSA) is 79.7 Å². The van der Waals surface area contributed by atoms with Crippen molar-refractivity contribution in [3.63, 3.8) is 0 Å². The van der Waals surface area contributed by atoms with Gasteiger partial charge in [0.25, 0.3) is 5.91 Å². The molecule has 4 heterocycles. The van der Waals surface area contributed by atoms with Gasteiger partial charge in [-0.05, 0) is 36.7 Å². The smallest absolute Gasteiger partial charge is 0.259 e. The number of carbonyl (C=O) groups is 1. The highest BCUT2D eigenvalue weighted by Gasteiger charge is 2.31. The van der Waals surface area contributed by atoms with Crippen molar-refractivity contribution in [1.29, 1.82) is 0 Å². The third-order valence-corrected chi connectivity index (χ3v) is 7.94. The van der Waals surface area contributed by atoms with Crippen LogP contribution in [-0.2, 0) is 6.42 Å². The monoisotopic (exact) mass is 549 g/mol. The predicted molar refractivity (Wildman–Crippen MR) is 157 cm³/mol. The van der Waals surface area contributed by atoms with E-state index in [4.69, 9.17) is 4.74 Å². The molecule has 1 fully saturated rings. The molecule has 0 radical (unpaired) electrons. The van der Waals surface area contributed by atoms with E-state index >= 15 is 4.39 Å². The fraction of sp³-hybridized carbons (Fsp3) is 0.219. The van der Waals surface area contributed by atoms with Crippen molar-refractivity contribution in [2.75, 3.05) is 45.1 Å². The normalized spacial score (nSPS) is 14.6. The Morgan fingerprint density at radius 2 is 1.83 bits per heavy atom. The van der Waals surface area contributed by atoms with Crippen molar-refractivity contribution in [2.45, 2.75) is 6.42 Å². The van der Waals surface area contributed by atoms with Crippen LogP contribution in [0, 0.1) is 5.82 Å². The van der Waals surface area contributed by atoms with Gasteiger partial charge in [0, 0.05) is 62.6 Å². The molecule has 2 aromatic heterocycles. The first kappa shape index (κ1) is 25.2. The fourth-order valence-corrected chi connectivity index (χ4v) is 5.74. The van der Waals surface area contributed by atoms with Crippen LogP contribution >= 0.6 is 0 Å². The van der Waals surface area contributed by atoms with E-state index in [1.807, 2.05) is 66.2 Å². The zero-order chi connectivity index (χ0) is 28.1. The second-order valence-corrected chi connectivity index (χ2v) is 10.5. The number of benzene rings is 3. The number of hydrogen-bond acceptors (Lipinski definition) is 6. The number of rotatable bonds is 5. The average Bonchev–Trinajstić information content (AvgIpc) is 3.00. The van der Waals surface area contributed by atoms with Gasteiger partial charge in [0.2, 0.25) is 5.43 Å². The van der Waals surface area contributed by atoms with Crippen molar-refractivity contribution >= 4 is 33.3 Å². The van der Waals surface area contributed by atoms with Crippen LogP contribution in [0.4, 0.5) is 10.1 Å². The number of hydrogen-bond donors (Lipinski definition) is 1. The highest BCUT2D eigenvalue weighted by atomic mass is 19.1. The van der Waals surface area contributed by atoms with Crippen LogP contribution in [0.1, 0.15) is 16.1 Å². The van der Waals surface area contributed by atoms with Crippen LogP contribution in [0.25, 0.3) is 27.4 Å². The summed E-state index contributed by atoms with van der Waals surface area (Å²) < 4.78 is 24.0. The number of pyridine rings is 2. The Morgan fingerprint density at radius 1 is 1.02 bits per heavy atom. The zero-order valence-corrected chi connectivity index (χ0v) is 22.6. The summed E-state index contributed by atoms with van der Waals surface area (Å²) in [7, 11) is 2.01. The summed E-state index contributed by atoms with van der Waals surface area (Å²) in [5, 5.41) is 5.16. The summed E-state index contributed by atoms with van der Waals surface area (Å²) in [6.45, 7) is 2.90. The third-order valence-electron chi connectivity index (χ3n) is 7.94. The lowest BCUT2D eigenvalue weighted by atomic mass is 10.0. The minimum absolute atomic E-state index is 0.0176. The molecule has 3 aromatic carbocycles. The minimum Gasteiger partial charge on any atom is -0.451 e. The number of nitrogens with one attached hydrogen (secondary N) is 1. The van der Waals surface area contributed by atoms with Gasteiger partial charge >= 0.3 is 0 Å². The molecule has 7 rings (SSSR count). The largest absolute Gasteiger partial charge is 0.451 e. The van der Waals surface area contributed by atoms with E-state index in [9.17, 15) is 9.59 Å². The van der Waals surface area contributed by atoms with E-state index in [0.717, 1.165) is 29.6 Å². The molecule has 0 unspecified atom stereocenters. The lowest BCUT2D eigenvalue weighted by Gasteiger charge is -2.33.